The SMILES string of the molecule is O=C(O)CCC1CCN(C(=O)c2ccc(F)cc2)C1. The first kappa shape index (κ1) is 13.5. The minimum absolute atomic E-state index is 0.113. The maximum Gasteiger partial charge on any atom is 0.303 e. The van der Waals surface area contributed by atoms with Crippen molar-refractivity contribution < 1.29 is 19.1 Å². The van der Waals surface area contributed by atoms with E-state index in [0.717, 1.165) is 6.42 Å². The molecule has 1 aromatic rings. The Morgan fingerprint density at radius 2 is 2.00 bits per heavy atom. The summed E-state index contributed by atoms with van der Waals surface area (Å²) in [4.78, 5) is 24.3. The molecule has 1 unspecified atom stereocenters. The van der Waals surface area contributed by atoms with Crippen molar-refractivity contribution in [3.05, 3.63) is 35.6 Å². The topological polar surface area (TPSA) is 57.6 Å². The summed E-state index contributed by atoms with van der Waals surface area (Å²) >= 11 is 0. The molecule has 4 nitrogen and oxygen atoms in total. The number of likely N-dealkylation sites (tertiary alicyclic amines) is 1. The van der Waals surface area contributed by atoms with Gasteiger partial charge in [0.15, 0.2) is 0 Å². The van der Waals surface area contributed by atoms with Gasteiger partial charge in [0, 0.05) is 25.1 Å². The smallest absolute Gasteiger partial charge is 0.303 e. The highest BCUT2D eigenvalue weighted by atomic mass is 19.1. The fraction of sp³-hybridized carbons (Fsp3) is 0.429. The lowest BCUT2D eigenvalue weighted by molar-refractivity contribution is -0.137. The fourth-order valence-electron chi connectivity index (χ4n) is 2.36. The Balaban J connectivity index is 1.91. The lowest BCUT2D eigenvalue weighted by atomic mass is 10.0. The Kier molecular flexibility index (Phi) is 4.14. The van der Waals surface area contributed by atoms with Crippen LogP contribution in [0.5, 0.6) is 0 Å². The van der Waals surface area contributed by atoms with Gasteiger partial charge in [-0.2, -0.15) is 0 Å². The summed E-state index contributed by atoms with van der Waals surface area (Å²) < 4.78 is 12.8. The summed E-state index contributed by atoms with van der Waals surface area (Å²) in [6.45, 7) is 1.23. The van der Waals surface area contributed by atoms with Gasteiger partial charge in [-0.3, -0.25) is 9.59 Å². The van der Waals surface area contributed by atoms with Crippen molar-refractivity contribution in [2.75, 3.05) is 13.1 Å². The molecule has 1 saturated heterocycles. The molecule has 1 amide bonds. The van der Waals surface area contributed by atoms with Crippen LogP contribution in [0.4, 0.5) is 4.39 Å². The van der Waals surface area contributed by atoms with Crippen LogP contribution in [0.15, 0.2) is 24.3 Å². The third-order valence-electron chi connectivity index (χ3n) is 3.43. The minimum Gasteiger partial charge on any atom is -0.481 e. The maximum atomic E-state index is 12.8. The van der Waals surface area contributed by atoms with Gasteiger partial charge in [0.25, 0.3) is 5.91 Å². The van der Waals surface area contributed by atoms with Crippen LogP contribution < -0.4 is 0 Å². The van der Waals surface area contributed by atoms with Gasteiger partial charge in [0.05, 0.1) is 0 Å². The number of carbonyl (C=O) groups is 2. The van der Waals surface area contributed by atoms with E-state index in [1.165, 1.54) is 24.3 Å². The molecule has 0 saturated carbocycles. The van der Waals surface area contributed by atoms with E-state index in [4.69, 9.17) is 5.11 Å². The predicted molar refractivity (Wildman–Crippen MR) is 67.3 cm³/mol. The number of carboxylic acids is 1. The largest absolute Gasteiger partial charge is 0.481 e. The number of nitrogens with zero attached hydrogens (tertiary/aromatic N) is 1. The molecule has 1 fully saturated rings. The van der Waals surface area contributed by atoms with E-state index in [2.05, 4.69) is 0 Å². The van der Waals surface area contributed by atoms with Crippen molar-refractivity contribution in [2.24, 2.45) is 5.92 Å². The van der Waals surface area contributed by atoms with Crippen molar-refractivity contribution in [3.63, 3.8) is 0 Å². The highest BCUT2D eigenvalue weighted by Gasteiger charge is 2.27. The summed E-state index contributed by atoms with van der Waals surface area (Å²) in [5.41, 5.74) is 0.472. The lowest BCUT2D eigenvalue weighted by Crippen LogP contribution is -2.28. The number of halogens is 1. The number of amides is 1. The molecule has 1 heterocycles. The molecule has 1 aliphatic rings. The maximum absolute atomic E-state index is 12.8. The molecule has 19 heavy (non-hydrogen) atoms. The molecular formula is C14H16FNO3. The van der Waals surface area contributed by atoms with Gasteiger partial charge in [0.1, 0.15) is 5.82 Å². The molecule has 0 bridgehead atoms. The zero-order chi connectivity index (χ0) is 13.8. The number of benzene rings is 1. The van der Waals surface area contributed by atoms with Crippen molar-refractivity contribution in [1.82, 2.24) is 4.90 Å². The zero-order valence-electron chi connectivity index (χ0n) is 10.5. The first-order valence-electron chi connectivity index (χ1n) is 6.33. The van der Waals surface area contributed by atoms with E-state index in [1.807, 2.05) is 0 Å². The first-order chi connectivity index (χ1) is 9.06. The second-order valence-electron chi connectivity index (χ2n) is 4.85. The number of rotatable bonds is 4. The predicted octanol–water partition coefficient (Wildman–Crippen LogP) is 2.15. The van der Waals surface area contributed by atoms with E-state index in [-0.39, 0.29) is 24.1 Å². The zero-order valence-corrected chi connectivity index (χ0v) is 10.5. The van der Waals surface area contributed by atoms with Crippen LogP contribution in [-0.4, -0.2) is 35.0 Å². The Bertz CT molecular complexity index is 472. The van der Waals surface area contributed by atoms with Crippen molar-refractivity contribution >= 4 is 11.9 Å². The van der Waals surface area contributed by atoms with Crippen LogP contribution in [0.25, 0.3) is 0 Å². The average Bonchev–Trinajstić information content (AvgIpc) is 2.85. The Morgan fingerprint density at radius 3 is 2.63 bits per heavy atom. The summed E-state index contributed by atoms with van der Waals surface area (Å²) in [5, 5.41) is 8.64. The standard InChI is InChI=1S/C14H16FNO3/c15-12-4-2-11(3-5-12)14(19)16-8-7-10(9-16)1-6-13(17)18/h2-5,10H,1,6-9H2,(H,17,18). The molecule has 1 aromatic carbocycles. The van der Waals surface area contributed by atoms with Gasteiger partial charge < -0.3 is 10.0 Å². The highest BCUT2D eigenvalue weighted by molar-refractivity contribution is 5.94. The van der Waals surface area contributed by atoms with Gasteiger partial charge in [-0.1, -0.05) is 0 Å². The van der Waals surface area contributed by atoms with Gasteiger partial charge in [-0.15, -0.1) is 0 Å². The van der Waals surface area contributed by atoms with E-state index in [9.17, 15) is 14.0 Å². The Labute approximate surface area is 110 Å². The van der Waals surface area contributed by atoms with Crippen LogP contribution >= 0.6 is 0 Å². The Hall–Kier alpha value is -1.91. The third kappa shape index (κ3) is 3.53. The van der Waals surface area contributed by atoms with Gasteiger partial charge in [0.2, 0.25) is 0 Å². The van der Waals surface area contributed by atoms with Crippen molar-refractivity contribution in [3.8, 4) is 0 Å². The molecule has 1 aliphatic heterocycles. The number of hydrogen-bond acceptors (Lipinski definition) is 2. The number of hydrogen-bond donors (Lipinski definition) is 1. The van der Waals surface area contributed by atoms with Crippen LogP contribution in [-0.2, 0) is 4.79 Å². The second-order valence-corrected chi connectivity index (χ2v) is 4.85. The highest BCUT2D eigenvalue weighted by Crippen LogP contribution is 2.22. The number of carboxylic acid groups (broad SMARTS) is 1. The molecule has 0 aromatic heterocycles. The van der Waals surface area contributed by atoms with Crippen LogP contribution in [0.3, 0.4) is 0 Å². The second kappa shape index (κ2) is 5.82. The Morgan fingerprint density at radius 1 is 1.32 bits per heavy atom. The van der Waals surface area contributed by atoms with Crippen LogP contribution in [0, 0.1) is 11.7 Å². The summed E-state index contributed by atoms with van der Waals surface area (Å²) in [5.74, 6) is -1.03. The fourth-order valence-corrected chi connectivity index (χ4v) is 2.36. The quantitative estimate of drug-likeness (QED) is 0.907. The molecule has 5 heteroatoms. The van der Waals surface area contributed by atoms with Crippen LogP contribution in [0.2, 0.25) is 0 Å². The van der Waals surface area contributed by atoms with Crippen LogP contribution in [0.1, 0.15) is 29.6 Å². The molecule has 1 N–H and O–H groups in total. The average molecular weight is 265 g/mol. The monoisotopic (exact) mass is 265 g/mol. The van der Waals surface area contributed by atoms with Crippen molar-refractivity contribution in [2.45, 2.75) is 19.3 Å². The molecule has 1 atom stereocenters. The lowest BCUT2D eigenvalue weighted by Gasteiger charge is -2.16. The first-order valence-corrected chi connectivity index (χ1v) is 6.33. The minimum atomic E-state index is -0.802. The summed E-state index contributed by atoms with van der Waals surface area (Å²) in [6.07, 6.45) is 1.58. The van der Waals surface area contributed by atoms with Crippen molar-refractivity contribution in [1.29, 1.82) is 0 Å². The molecule has 2 rings (SSSR count). The molecule has 0 radical (unpaired) electrons. The van der Waals surface area contributed by atoms with E-state index in [1.54, 1.807) is 4.90 Å². The molecular weight excluding hydrogens is 249 g/mol. The number of carbonyl (C=O) groups excluding carboxylic acids is 1. The van der Waals surface area contributed by atoms with E-state index in [0.29, 0.717) is 25.1 Å². The van der Waals surface area contributed by atoms with Gasteiger partial charge in [-0.05, 0) is 43.0 Å². The number of aliphatic carboxylic acids is 1. The third-order valence-corrected chi connectivity index (χ3v) is 3.43. The normalized spacial score (nSPS) is 18.6. The molecule has 102 valence electrons. The van der Waals surface area contributed by atoms with Gasteiger partial charge >= 0.3 is 5.97 Å². The molecule has 0 spiro atoms. The molecule has 0 aliphatic carbocycles. The van der Waals surface area contributed by atoms with E-state index >= 15 is 0 Å². The summed E-state index contributed by atoms with van der Waals surface area (Å²) in [6, 6.07) is 5.49. The van der Waals surface area contributed by atoms with E-state index < -0.39 is 5.97 Å². The summed E-state index contributed by atoms with van der Waals surface area (Å²) in [7, 11) is 0. The van der Waals surface area contributed by atoms with Gasteiger partial charge in [-0.25, -0.2) is 4.39 Å².